The monoisotopic (exact) mass is 688 g/mol. The predicted octanol–water partition coefficient (Wildman–Crippen LogP) is -1.57. The molecule has 0 spiro atoms. The van der Waals surface area contributed by atoms with Gasteiger partial charge >= 0.3 is 5.97 Å². The van der Waals surface area contributed by atoms with Crippen LogP contribution in [0.1, 0.15) is 65.4 Å². The van der Waals surface area contributed by atoms with Gasteiger partial charge in [0.15, 0.2) is 0 Å². The molecule has 16 heteroatoms. The molecule has 1 heterocycles. The average Bonchev–Trinajstić information content (AvgIpc) is 3.60. The van der Waals surface area contributed by atoms with E-state index >= 15 is 0 Å². The summed E-state index contributed by atoms with van der Waals surface area (Å²) in [6.07, 6.45) is 2.84. The molecule has 0 aliphatic carbocycles. The molecule has 0 unspecified atom stereocenters. The number of hydrogen-bond acceptors (Lipinski definition) is 9. The molecule has 1 aliphatic rings. The number of amides is 6. The van der Waals surface area contributed by atoms with E-state index in [0.29, 0.717) is 31.4 Å². The van der Waals surface area contributed by atoms with Crippen LogP contribution >= 0.6 is 0 Å². The number of nitrogens with two attached hydrogens (primary N) is 1. The van der Waals surface area contributed by atoms with Crippen molar-refractivity contribution in [1.82, 2.24) is 37.2 Å². The zero-order chi connectivity index (χ0) is 36.5. The summed E-state index contributed by atoms with van der Waals surface area (Å²) in [5.41, 5.74) is 6.23. The molecule has 1 aromatic rings. The van der Waals surface area contributed by atoms with Gasteiger partial charge in [0.25, 0.3) is 0 Å². The van der Waals surface area contributed by atoms with Crippen molar-refractivity contribution in [3.05, 3.63) is 35.9 Å². The van der Waals surface area contributed by atoms with Crippen LogP contribution in [0, 0.1) is 5.92 Å². The Labute approximate surface area is 286 Å². The molecule has 1 fully saturated rings. The zero-order valence-corrected chi connectivity index (χ0v) is 28.7. The second kappa shape index (κ2) is 20.7. The van der Waals surface area contributed by atoms with Gasteiger partial charge in [0.1, 0.15) is 30.2 Å². The van der Waals surface area contributed by atoms with Crippen LogP contribution in [0.3, 0.4) is 0 Å². The van der Waals surface area contributed by atoms with Gasteiger partial charge in [-0.25, -0.2) is 4.79 Å². The predicted molar refractivity (Wildman–Crippen MR) is 181 cm³/mol. The molecule has 1 saturated heterocycles. The van der Waals surface area contributed by atoms with Gasteiger partial charge in [-0.2, -0.15) is 0 Å². The van der Waals surface area contributed by atoms with Crippen molar-refractivity contribution in [2.75, 3.05) is 19.6 Å². The maximum absolute atomic E-state index is 13.5. The van der Waals surface area contributed by atoms with Crippen LogP contribution in [0.25, 0.3) is 0 Å². The lowest BCUT2D eigenvalue weighted by molar-refractivity contribution is -0.142. The van der Waals surface area contributed by atoms with E-state index in [2.05, 4.69) is 37.2 Å². The fourth-order valence-corrected chi connectivity index (χ4v) is 5.12. The number of hydrogen-bond donors (Lipinski definition) is 9. The molecule has 0 saturated carbocycles. The molecule has 2 rings (SSSR count). The highest BCUT2D eigenvalue weighted by Gasteiger charge is 2.32. The lowest BCUT2D eigenvalue weighted by Gasteiger charge is -2.27. The Morgan fingerprint density at radius 1 is 0.816 bits per heavy atom. The number of benzene rings is 1. The minimum absolute atomic E-state index is 0.0591. The Bertz CT molecular complexity index is 1290. The molecule has 6 amide bonds. The Balaban J connectivity index is 2.01. The first-order valence-corrected chi connectivity index (χ1v) is 16.7. The number of unbranched alkanes of at least 4 members (excludes halogenated alkanes) is 1. The highest BCUT2D eigenvalue weighted by Crippen LogP contribution is 2.09. The maximum atomic E-state index is 13.5. The van der Waals surface area contributed by atoms with Crippen molar-refractivity contribution in [3.8, 4) is 0 Å². The number of aliphatic carboxylic acids is 1. The SMILES string of the molecule is CC(C)[C@H](NC(=O)[C@H](C)NC(=O)[C@H](C)NC(=O)CNC(=O)[C@@H]1CCCN1)C(=O)N[C@@H](Cc1ccccc1)C(=O)N[C@@H](CCCCN)C(=O)O. The molecule has 272 valence electrons. The molecule has 1 aromatic carbocycles. The molecule has 0 radical (unpaired) electrons. The van der Waals surface area contributed by atoms with Gasteiger partial charge in [0.2, 0.25) is 35.4 Å². The second-order valence-corrected chi connectivity index (χ2v) is 12.6. The third-order valence-electron chi connectivity index (χ3n) is 8.05. The first-order chi connectivity index (χ1) is 23.2. The van der Waals surface area contributed by atoms with Crippen LogP contribution in [0.2, 0.25) is 0 Å². The van der Waals surface area contributed by atoms with Gasteiger partial charge in [-0.1, -0.05) is 44.2 Å². The zero-order valence-electron chi connectivity index (χ0n) is 28.7. The summed E-state index contributed by atoms with van der Waals surface area (Å²) in [5.74, 6) is -5.26. The van der Waals surface area contributed by atoms with E-state index in [4.69, 9.17) is 5.73 Å². The third kappa shape index (κ3) is 14.2. The van der Waals surface area contributed by atoms with E-state index in [9.17, 15) is 38.7 Å². The topological polar surface area (TPSA) is 250 Å². The first-order valence-electron chi connectivity index (χ1n) is 16.7. The summed E-state index contributed by atoms with van der Waals surface area (Å²) in [6, 6.07) is 2.91. The molecule has 6 atom stereocenters. The molecule has 1 aliphatic heterocycles. The van der Waals surface area contributed by atoms with Gasteiger partial charge in [0.05, 0.1) is 12.6 Å². The van der Waals surface area contributed by atoms with E-state index in [1.807, 2.05) is 0 Å². The Morgan fingerprint density at radius 3 is 2.04 bits per heavy atom. The fourth-order valence-electron chi connectivity index (χ4n) is 5.12. The summed E-state index contributed by atoms with van der Waals surface area (Å²) in [7, 11) is 0. The first kappa shape index (κ1) is 40.6. The smallest absolute Gasteiger partial charge is 0.326 e. The van der Waals surface area contributed by atoms with Gasteiger partial charge < -0.3 is 48.1 Å². The van der Waals surface area contributed by atoms with Gasteiger partial charge in [0, 0.05) is 6.42 Å². The van der Waals surface area contributed by atoms with E-state index in [1.165, 1.54) is 13.8 Å². The number of carbonyl (C=O) groups is 7. The molecule has 49 heavy (non-hydrogen) atoms. The van der Waals surface area contributed by atoms with Gasteiger partial charge in [-0.15, -0.1) is 0 Å². The summed E-state index contributed by atoms with van der Waals surface area (Å²) in [5, 5.41) is 28.0. The standard InChI is InChI=1S/C33H52N8O8/c1-19(2)27(41-29(44)21(4)38-28(43)20(3)37-26(42)18-36-30(45)23-14-10-16-35-23)32(47)40-25(17-22-11-6-5-7-12-22)31(46)39-24(33(48)49)13-8-9-15-34/h5-7,11-12,19-21,23-25,27,35H,8-10,13-18,34H2,1-4H3,(H,36,45)(H,37,42)(H,38,43)(H,39,46)(H,40,47)(H,41,44)(H,48,49)/t20-,21-,23-,24-,25-,27-/m0/s1. The van der Waals surface area contributed by atoms with Gasteiger partial charge in [-0.05, 0) is 70.5 Å². The normalized spacial score (nSPS) is 17.1. The number of carboxylic acids is 1. The quantitative estimate of drug-likeness (QED) is 0.0712. The lowest BCUT2D eigenvalue weighted by Crippen LogP contribution is -2.59. The minimum atomic E-state index is -1.21. The Kier molecular flexibility index (Phi) is 17.2. The molecular formula is C33H52N8O8. The second-order valence-electron chi connectivity index (χ2n) is 12.6. The molecular weight excluding hydrogens is 636 g/mol. The Morgan fingerprint density at radius 2 is 1.45 bits per heavy atom. The van der Waals surface area contributed by atoms with Crippen LogP contribution in [0.5, 0.6) is 0 Å². The minimum Gasteiger partial charge on any atom is -0.480 e. The van der Waals surface area contributed by atoms with E-state index in [-0.39, 0.29) is 31.3 Å². The van der Waals surface area contributed by atoms with Crippen LogP contribution in [-0.4, -0.2) is 102 Å². The van der Waals surface area contributed by atoms with Crippen molar-refractivity contribution in [3.63, 3.8) is 0 Å². The molecule has 16 nitrogen and oxygen atoms in total. The highest BCUT2D eigenvalue weighted by atomic mass is 16.4. The number of carboxylic acid groups (broad SMARTS) is 1. The molecule has 0 aromatic heterocycles. The van der Waals surface area contributed by atoms with Crippen LogP contribution < -0.4 is 43.0 Å². The van der Waals surface area contributed by atoms with Crippen molar-refractivity contribution < 1.29 is 38.7 Å². The fraction of sp³-hybridized carbons (Fsp3) is 0.606. The number of nitrogens with one attached hydrogen (secondary N) is 7. The van der Waals surface area contributed by atoms with Crippen molar-refractivity contribution in [2.24, 2.45) is 11.7 Å². The van der Waals surface area contributed by atoms with Crippen LogP contribution in [0.15, 0.2) is 30.3 Å². The molecule has 0 bridgehead atoms. The van der Waals surface area contributed by atoms with E-state index in [0.717, 1.165) is 13.0 Å². The van der Waals surface area contributed by atoms with Gasteiger partial charge in [-0.3, -0.25) is 28.8 Å². The van der Waals surface area contributed by atoms with E-state index in [1.54, 1.807) is 44.2 Å². The average molecular weight is 689 g/mol. The summed E-state index contributed by atoms with van der Waals surface area (Å²) >= 11 is 0. The summed E-state index contributed by atoms with van der Waals surface area (Å²) < 4.78 is 0. The van der Waals surface area contributed by atoms with E-state index < -0.39 is 71.6 Å². The van der Waals surface area contributed by atoms with Crippen LogP contribution in [-0.2, 0) is 40.0 Å². The van der Waals surface area contributed by atoms with Crippen molar-refractivity contribution >= 4 is 41.4 Å². The third-order valence-corrected chi connectivity index (χ3v) is 8.05. The lowest BCUT2D eigenvalue weighted by atomic mass is 10.00. The van der Waals surface area contributed by atoms with Crippen molar-refractivity contribution in [2.45, 2.75) is 102 Å². The largest absolute Gasteiger partial charge is 0.480 e. The van der Waals surface area contributed by atoms with Crippen LogP contribution in [0.4, 0.5) is 0 Å². The Hall–Kier alpha value is -4.57. The number of rotatable bonds is 20. The summed E-state index contributed by atoms with van der Waals surface area (Å²) in [6.45, 7) is 7.01. The molecule has 10 N–H and O–H groups in total. The number of carbonyl (C=O) groups excluding carboxylic acids is 6. The summed E-state index contributed by atoms with van der Waals surface area (Å²) in [4.78, 5) is 88.9. The maximum Gasteiger partial charge on any atom is 0.326 e. The van der Waals surface area contributed by atoms with Crippen molar-refractivity contribution in [1.29, 1.82) is 0 Å². The highest BCUT2D eigenvalue weighted by molar-refractivity contribution is 5.96.